The third-order valence-electron chi connectivity index (χ3n) is 3.51. The van der Waals surface area contributed by atoms with Gasteiger partial charge in [-0.2, -0.15) is 0 Å². The molecule has 0 bridgehead atoms. The Kier molecular flexibility index (Phi) is 7.08. The Morgan fingerprint density at radius 2 is 1.71 bits per heavy atom. The van der Waals surface area contributed by atoms with Crippen LogP contribution in [0.2, 0.25) is 0 Å². The Morgan fingerprint density at radius 1 is 1.08 bits per heavy atom. The van der Waals surface area contributed by atoms with E-state index in [0.717, 1.165) is 0 Å². The number of likely N-dealkylation sites (tertiary alicyclic amines) is 1. The van der Waals surface area contributed by atoms with E-state index in [0.29, 0.717) is 32.4 Å². The summed E-state index contributed by atoms with van der Waals surface area (Å²) in [5, 5.41) is 0. The van der Waals surface area contributed by atoms with E-state index in [1.807, 2.05) is 41.5 Å². The molecule has 0 saturated carbocycles. The predicted molar refractivity (Wildman–Crippen MR) is 91.8 cm³/mol. The van der Waals surface area contributed by atoms with E-state index in [1.165, 1.54) is 0 Å². The number of carbonyl (C=O) groups is 2. The van der Waals surface area contributed by atoms with Crippen LogP contribution in [0, 0.1) is 0 Å². The fraction of sp³-hybridized carbons (Fsp3) is 0.889. The van der Waals surface area contributed by atoms with Crippen molar-refractivity contribution in [3.05, 3.63) is 0 Å². The monoisotopic (exact) mass is 343 g/mol. The van der Waals surface area contributed by atoms with Gasteiger partial charge >= 0.3 is 12.1 Å². The van der Waals surface area contributed by atoms with E-state index in [9.17, 15) is 9.59 Å². The molecule has 0 N–H and O–H groups in total. The Balaban J connectivity index is 2.73. The van der Waals surface area contributed by atoms with E-state index in [-0.39, 0.29) is 29.8 Å². The van der Waals surface area contributed by atoms with Gasteiger partial charge in [0.2, 0.25) is 0 Å². The summed E-state index contributed by atoms with van der Waals surface area (Å²) in [6, 6.07) is -0.0726. The second-order valence-corrected chi connectivity index (χ2v) is 8.22. The molecule has 0 radical (unpaired) electrons. The van der Waals surface area contributed by atoms with Gasteiger partial charge in [-0.25, -0.2) is 4.79 Å². The highest BCUT2D eigenvalue weighted by atomic mass is 16.6. The van der Waals surface area contributed by atoms with Gasteiger partial charge in [-0.3, -0.25) is 4.79 Å². The van der Waals surface area contributed by atoms with Crippen molar-refractivity contribution >= 4 is 12.1 Å². The van der Waals surface area contributed by atoms with Gasteiger partial charge in [-0.1, -0.05) is 0 Å². The maximum atomic E-state index is 12.5. The molecule has 1 amide bonds. The van der Waals surface area contributed by atoms with Gasteiger partial charge in [-0.15, -0.1) is 0 Å². The predicted octanol–water partition coefficient (Wildman–Crippen LogP) is 3.52. The molecule has 0 aliphatic carbocycles. The third kappa shape index (κ3) is 7.51. The number of ether oxygens (including phenoxy) is 3. The van der Waals surface area contributed by atoms with Crippen LogP contribution in [0.5, 0.6) is 0 Å². The van der Waals surface area contributed by atoms with Crippen LogP contribution in [0.3, 0.4) is 0 Å². The van der Waals surface area contributed by atoms with Crippen molar-refractivity contribution in [3.8, 4) is 0 Å². The lowest BCUT2D eigenvalue weighted by Gasteiger charge is -2.28. The van der Waals surface area contributed by atoms with Gasteiger partial charge in [-0.05, 0) is 61.3 Å². The van der Waals surface area contributed by atoms with Crippen molar-refractivity contribution in [3.63, 3.8) is 0 Å². The van der Waals surface area contributed by atoms with Gasteiger partial charge in [0.25, 0.3) is 0 Å². The average molecular weight is 343 g/mol. The molecule has 0 spiro atoms. The summed E-state index contributed by atoms with van der Waals surface area (Å²) >= 11 is 0. The summed E-state index contributed by atoms with van der Waals surface area (Å²) in [6.45, 7) is 14.2. The molecule has 0 aromatic heterocycles. The minimum atomic E-state index is -0.550. The molecule has 1 saturated heterocycles. The fourth-order valence-corrected chi connectivity index (χ4v) is 2.79. The molecule has 6 heteroatoms. The Labute approximate surface area is 145 Å². The zero-order valence-corrected chi connectivity index (χ0v) is 16.2. The molecule has 1 unspecified atom stereocenters. The number of esters is 1. The van der Waals surface area contributed by atoms with Crippen molar-refractivity contribution in [1.82, 2.24) is 4.90 Å². The van der Waals surface area contributed by atoms with Gasteiger partial charge < -0.3 is 19.1 Å². The quantitative estimate of drug-likeness (QED) is 0.715. The van der Waals surface area contributed by atoms with Crippen LogP contribution in [0.15, 0.2) is 0 Å². The minimum Gasteiger partial charge on any atom is -0.466 e. The van der Waals surface area contributed by atoms with Crippen molar-refractivity contribution in [2.24, 2.45) is 0 Å². The Bertz CT molecular complexity index is 436. The SMILES string of the molecule is CCOC(=O)CC[C@@H]1CC(OC(C)(C)C)CN1C(=O)OC(C)(C)C. The third-order valence-corrected chi connectivity index (χ3v) is 3.51. The lowest BCUT2D eigenvalue weighted by atomic mass is 10.1. The first-order valence-corrected chi connectivity index (χ1v) is 8.74. The summed E-state index contributed by atoms with van der Waals surface area (Å²) in [7, 11) is 0. The minimum absolute atomic E-state index is 0.0512. The summed E-state index contributed by atoms with van der Waals surface area (Å²) in [5.41, 5.74) is -0.827. The van der Waals surface area contributed by atoms with E-state index in [2.05, 4.69) is 0 Å². The Morgan fingerprint density at radius 3 is 2.21 bits per heavy atom. The molecule has 6 nitrogen and oxygen atoms in total. The number of rotatable bonds is 5. The van der Waals surface area contributed by atoms with Crippen LogP contribution in [0.1, 0.15) is 67.7 Å². The molecule has 24 heavy (non-hydrogen) atoms. The first kappa shape index (κ1) is 20.7. The normalized spacial score (nSPS) is 21.7. The lowest BCUT2D eigenvalue weighted by Crippen LogP contribution is -2.40. The van der Waals surface area contributed by atoms with E-state index >= 15 is 0 Å². The maximum absolute atomic E-state index is 12.5. The number of nitrogens with zero attached hydrogens (tertiary/aromatic N) is 1. The van der Waals surface area contributed by atoms with E-state index in [4.69, 9.17) is 14.2 Å². The van der Waals surface area contributed by atoms with Crippen LogP contribution in [0.4, 0.5) is 4.79 Å². The summed E-state index contributed by atoms with van der Waals surface area (Å²) in [5.74, 6) is -0.234. The zero-order valence-electron chi connectivity index (χ0n) is 16.2. The summed E-state index contributed by atoms with van der Waals surface area (Å²) < 4.78 is 16.5. The number of hydrogen-bond acceptors (Lipinski definition) is 5. The molecular weight excluding hydrogens is 310 g/mol. The molecule has 1 fully saturated rings. The van der Waals surface area contributed by atoms with E-state index in [1.54, 1.807) is 11.8 Å². The number of amides is 1. The van der Waals surface area contributed by atoms with Crippen molar-refractivity contribution in [2.75, 3.05) is 13.2 Å². The van der Waals surface area contributed by atoms with Crippen LogP contribution in [-0.4, -0.2) is 53.5 Å². The molecule has 0 aromatic rings. The second-order valence-electron chi connectivity index (χ2n) is 8.22. The zero-order chi connectivity index (χ0) is 18.5. The highest BCUT2D eigenvalue weighted by molar-refractivity contribution is 5.70. The lowest BCUT2D eigenvalue weighted by molar-refractivity contribution is -0.143. The fourth-order valence-electron chi connectivity index (χ4n) is 2.79. The van der Waals surface area contributed by atoms with Crippen LogP contribution < -0.4 is 0 Å². The second kappa shape index (κ2) is 8.19. The van der Waals surface area contributed by atoms with Crippen molar-refractivity contribution in [1.29, 1.82) is 0 Å². The molecule has 140 valence electrons. The maximum Gasteiger partial charge on any atom is 0.410 e. The van der Waals surface area contributed by atoms with Crippen LogP contribution in [-0.2, 0) is 19.0 Å². The van der Waals surface area contributed by atoms with Gasteiger partial charge in [0.05, 0.1) is 24.9 Å². The molecule has 1 rings (SSSR count). The smallest absolute Gasteiger partial charge is 0.410 e. The molecule has 2 atom stereocenters. The highest BCUT2D eigenvalue weighted by Gasteiger charge is 2.39. The topological polar surface area (TPSA) is 65.1 Å². The molecule has 1 heterocycles. The van der Waals surface area contributed by atoms with Gasteiger partial charge in [0.1, 0.15) is 5.60 Å². The highest BCUT2D eigenvalue weighted by Crippen LogP contribution is 2.28. The molecule has 1 aliphatic heterocycles. The number of hydrogen-bond donors (Lipinski definition) is 0. The van der Waals surface area contributed by atoms with E-state index < -0.39 is 5.60 Å². The first-order chi connectivity index (χ1) is 10.9. The first-order valence-electron chi connectivity index (χ1n) is 8.74. The molecule has 1 aliphatic rings. The van der Waals surface area contributed by atoms with Gasteiger partial charge in [0, 0.05) is 12.5 Å². The summed E-state index contributed by atoms with van der Waals surface area (Å²) in [6.07, 6.45) is 1.15. The Hall–Kier alpha value is -1.30. The van der Waals surface area contributed by atoms with Crippen LogP contribution >= 0.6 is 0 Å². The van der Waals surface area contributed by atoms with Gasteiger partial charge in [0.15, 0.2) is 0 Å². The van der Waals surface area contributed by atoms with Crippen LogP contribution in [0.25, 0.3) is 0 Å². The number of carbonyl (C=O) groups excluding carboxylic acids is 2. The summed E-state index contributed by atoms with van der Waals surface area (Å²) in [4.78, 5) is 25.8. The van der Waals surface area contributed by atoms with Crippen molar-refractivity contribution < 1.29 is 23.8 Å². The standard InChI is InChI=1S/C18H33NO5/c1-8-22-15(20)10-9-13-11-14(23-17(2,3)4)12-19(13)16(21)24-18(5,6)7/h13-14H,8-12H2,1-7H3/t13-,14?/m1/s1. The largest absolute Gasteiger partial charge is 0.466 e. The molecular formula is C18H33NO5. The molecule has 0 aromatic carbocycles. The van der Waals surface area contributed by atoms with Crippen molar-refractivity contribution in [2.45, 2.75) is 91.1 Å². The average Bonchev–Trinajstić information content (AvgIpc) is 2.75.